The topological polar surface area (TPSA) is 98.9 Å². The van der Waals surface area contributed by atoms with E-state index >= 15 is 0 Å². The van der Waals surface area contributed by atoms with Crippen LogP contribution in [0.1, 0.15) is 34.2 Å². The SMILES string of the molecule is CCn1cc(C(=O)NCCn2cnc(C)c(C)c2=O)c(=O)c2ccc(C)nc21. The lowest BCUT2D eigenvalue weighted by molar-refractivity contribution is 0.0950. The largest absolute Gasteiger partial charge is 0.350 e. The fourth-order valence-electron chi connectivity index (χ4n) is 2.98. The van der Waals surface area contributed by atoms with Crippen LogP contribution < -0.4 is 16.3 Å². The molecule has 0 spiro atoms. The Labute approximate surface area is 161 Å². The molecular weight excluding hydrogens is 358 g/mol. The predicted molar refractivity (Wildman–Crippen MR) is 107 cm³/mol. The highest BCUT2D eigenvalue weighted by atomic mass is 16.2. The standard InChI is InChI=1S/C20H23N5O3/c1-5-24-10-16(17(26)15-7-6-12(2)23-18(15)24)19(27)21-8-9-25-11-22-14(4)13(3)20(25)28/h6-7,10-11H,5,8-9H2,1-4H3,(H,21,27). The number of carbonyl (C=O) groups excluding carboxylic acids is 1. The highest BCUT2D eigenvalue weighted by Gasteiger charge is 2.16. The molecule has 28 heavy (non-hydrogen) atoms. The van der Waals surface area contributed by atoms with Crippen molar-refractivity contribution in [3.63, 3.8) is 0 Å². The molecule has 1 N–H and O–H groups in total. The first kappa shape index (κ1) is 19.5. The summed E-state index contributed by atoms with van der Waals surface area (Å²) in [5.74, 6) is -0.473. The maximum atomic E-state index is 12.7. The number of nitrogens with zero attached hydrogens (tertiary/aromatic N) is 4. The molecular formula is C20H23N5O3. The molecule has 0 aromatic carbocycles. The molecule has 0 aliphatic heterocycles. The van der Waals surface area contributed by atoms with Crippen LogP contribution in [-0.2, 0) is 13.1 Å². The number of hydrogen-bond acceptors (Lipinski definition) is 5. The molecule has 0 saturated carbocycles. The van der Waals surface area contributed by atoms with Gasteiger partial charge in [-0.25, -0.2) is 9.97 Å². The third-order valence-corrected chi connectivity index (χ3v) is 4.80. The van der Waals surface area contributed by atoms with Gasteiger partial charge in [-0.1, -0.05) is 0 Å². The average Bonchev–Trinajstić information content (AvgIpc) is 2.68. The maximum Gasteiger partial charge on any atom is 0.256 e. The number of carbonyl (C=O) groups is 1. The number of amides is 1. The number of nitrogens with one attached hydrogen (secondary N) is 1. The van der Waals surface area contributed by atoms with Crippen LogP contribution in [0.4, 0.5) is 0 Å². The minimum absolute atomic E-state index is 0.0607. The van der Waals surface area contributed by atoms with Gasteiger partial charge in [0.05, 0.1) is 11.7 Å². The zero-order valence-electron chi connectivity index (χ0n) is 16.4. The van der Waals surface area contributed by atoms with Crippen LogP contribution in [0.2, 0.25) is 0 Å². The third kappa shape index (κ3) is 3.58. The van der Waals surface area contributed by atoms with Crippen LogP contribution in [0.5, 0.6) is 0 Å². The van der Waals surface area contributed by atoms with Crippen molar-refractivity contribution in [2.75, 3.05) is 6.54 Å². The molecule has 3 heterocycles. The quantitative estimate of drug-likeness (QED) is 0.719. The van der Waals surface area contributed by atoms with Gasteiger partial charge in [-0.05, 0) is 39.8 Å². The van der Waals surface area contributed by atoms with E-state index in [0.717, 1.165) is 5.69 Å². The maximum absolute atomic E-state index is 12.7. The van der Waals surface area contributed by atoms with Gasteiger partial charge in [0, 0.05) is 42.8 Å². The second kappa shape index (κ2) is 7.75. The number of aryl methyl sites for hydroxylation is 3. The molecule has 0 fully saturated rings. The molecule has 146 valence electrons. The highest BCUT2D eigenvalue weighted by molar-refractivity contribution is 5.96. The molecule has 3 aromatic rings. The van der Waals surface area contributed by atoms with Crippen molar-refractivity contribution < 1.29 is 4.79 Å². The van der Waals surface area contributed by atoms with E-state index in [2.05, 4.69) is 15.3 Å². The van der Waals surface area contributed by atoms with Gasteiger partial charge in [-0.3, -0.25) is 19.0 Å². The first-order valence-electron chi connectivity index (χ1n) is 9.15. The summed E-state index contributed by atoms with van der Waals surface area (Å²) >= 11 is 0. The first-order valence-corrected chi connectivity index (χ1v) is 9.15. The lowest BCUT2D eigenvalue weighted by Gasteiger charge is -2.12. The number of rotatable bonds is 5. The summed E-state index contributed by atoms with van der Waals surface area (Å²) in [7, 11) is 0. The number of aromatic nitrogens is 4. The van der Waals surface area contributed by atoms with Crippen molar-refractivity contribution in [1.29, 1.82) is 0 Å². The first-order chi connectivity index (χ1) is 13.3. The molecule has 0 aliphatic carbocycles. The van der Waals surface area contributed by atoms with Crippen molar-refractivity contribution in [3.05, 3.63) is 67.7 Å². The van der Waals surface area contributed by atoms with E-state index in [1.165, 1.54) is 17.1 Å². The monoisotopic (exact) mass is 381 g/mol. The molecule has 0 saturated heterocycles. The van der Waals surface area contributed by atoms with Crippen LogP contribution in [0.25, 0.3) is 11.0 Å². The summed E-state index contributed by atoms with van der Waals surface area (Å²) in [5, 5.41) is 3.13. The zero-order valence-corrected chi connectivity index (χ0v) is 16.4. The lowest BCUT2D eigenvalue weighted by atomic mass is 10.1. The molecule has 0 radical (unpaired) electrons. The van der Waals surface area contributed by atoms with Gasteiger partial charge >= 0.3 is 0 Å². The van der Waals surface area contributed by atoms with Crippen molar-refractivity contribution in [1.82, 2.24) is 24.4 Å². The van der Waals surface area contributed by atoms with Crippen LogP contribution in [0, 0.1) is 20.8 Å². The summed E-state index contributed by atoms with van der Waals surface area (Å²) in [6, 6.07) is 3.45. The number of hydrogen-bond donors (Lipinski definition) is 1. The Hall–Kier alpha value is -3.29. The van der Waals surface area contributed by atoms with E-state index in [1.54, 1.807) is 30.5 Å². The predicted octanol–water partition coefficient (Wildman–Crippen LogP) is 1.33. The van der Waals surface area contributed by atoms with Gasteiger partial charge in [0.15, 0.2) is 0 Å². The van der Waals surface area contributed by atoms with Crippen LogP contribution in [0.3, 0.4) is 0 Å². The average molecular weight is 381 g/mol. The Morgan fingerprint density at radius 2 is 1.89 bits per heavy atom. The van der Waals surface area contributed by atoms with Gasteiger partial charge < -0.3 is 9.88 Å². The number of pyridine rings is 2. The van der Waals surface area contributed by atoms with E-state index in [9.17, 15) is 14.4 Å². The number of fused-ring (bicyclic) bond motifs is 1. The van der Waals surface area contributed by atoms with Gasteiger partial charge in [0.2, 0.25) is 5.43 Å². The molecule has 1 amide bonds. The fraction of sp³-hybridized carbons (Fsp3) is 0.350. The molecule has 0 atom stereocenters. The molecule has 3 aromatic heterocycles. The molecule has 0 unspecified atom stereocenters. The molecule has 8 nitrogen and oxygen atoms in total. The highest BCUT2D eigenvalue weighted by Crippen LogP contribution is 2.11. The van der Waals surface area contributed by atoms with Crippen molar-refractivity contribution in [2.24, 2.45) is 0 Å². The van der Waals surface area contributed by atoms with E-state index in [-0.39, 0.29) is 29.6 Å². The minimum atomic E-state index is -0.473. The fourth-order valence-corrected chi connectivity index (χ4v) is 2.98. The summed E-state index contributed by atoms with van der Waals surface area (Å²) in [4.78, 5) is 46.1. The zero-order chi connectivity index (χ0) is 20.4. The van der Waals surface area contributed by atoms with E-state index < -0.39 is 5.91 Å². The summed E-state index contributed by atoms with van der Waals surface area (Å²) in [6.45, 7) is 8.34. The van der Waals surface area contributed by atoms with Crippen LogP contribution in [-0.4, -0.2) is 31.6 Å². The Bertz CT molecular complexity index is 1180. The van der Waals surface area contributed by atoms with Crippen molar-refractivity contribution >= 4 is 16.9 Å². The third-order valence-electron chi connectivity index (χ3n) is 4.80. The Kier molecular flexibility index (Phi) is 5.39. The Balaban J connectivity index is 1.83. The summed E-state index contributed by atoms with van der Waals surface area (Å²) in [5.41, 5.74) is 2.21. The molecule has 3 rings (SSSR count). The summed E-state index contributed by atoms with van der Waals surface area (Å²) < 4.78 is 3.23. The van der Waals surface area contributed by atoms with Gasteiger partial charge in [0.1, 0.15) is 11.2 Å². The van der Waals surface area contributed by atoms with Gasteiger partial charge in [-0.15, -0.1) is 0 Å². The Morgan fingerprint density at radius 3 is 2.61 bits per heavy atom. The Morgan fingerprint density at radius 1 is 1.14 bits per heavy atom. The van der Waals surface area contributed by atoms with Crippen LogP contribution in [0.15, 0.2) is 34.2 Å². The van der Waals surface area contributed by atoms with E-state index in [1.807, 2.05) is 13.8 Å². The van der Waals surface area contributed by atoms with Crippen LogP contribution >= 0.6 is 0 Å². The second-order valence-corrected chi connectivity index (χ2v) is 6.69. The normalized spacial score (nSPS) is 11.0. The molecule has 0 aliphatic rings. The lowest BCUT2D eigenvalue weighted by Crippen LogP contribution is -2.34. The summed E-state index contributed by atoms with van der Waals surface area (Å²) in [6.07, 6.45) is 3.00. The smallest absolute Gasteiger partial charge is 0.256 e. The second-order valence-electron chi connectivity index (χ2n) is 6.69. The minimum Gasteiger partial charge on any atom is -0.350 e. The van der Waals surface area contributed by atoms with Gasteiger partial charge in [0.25, 0.3) is 11.5 Å². The van der Waals surface area contributed by atoms with Crippen molar-refractivity contribution in [3.8, 4) is 0 Å². The van der Waals surface area contributed by atoms with E-state index in [0.29, 0.717) is 28.8 Å². The molecule has 0 bridgehead atoms. The van der Waals surface area contributed by atoms with Crippen molar-refractivity contribution in [2.45, 2.75) is 40.8 Å². The molecule has 8 heteroatoms. The van der Waals surface area contributed by atoms with E-state index in [4.69, 9.17) is 0 Å². The van der Waals surface area contributed by atoms with Gasteiger partial charge in [-0.2, -0.15) is 0 Å².